The van der Waals surface area contributed by atoms with E-state index >= 15 is 0 Å². The van der Waals surface area contributed by atoms with Crippen LogP contribution in [0.5, 0.6) is 5.75 Å². The lowest BCUT2D eigenvalue weighted by molar-refractivity contribution is -0.126. The van der Waals surface area contributed by atoms with Crippen molar-refractivity contribution in [2.75, 3.05) is 0 Å². The molecule has 0 bridgehead atoms. The van der Waals surface area contributed by atoms with Crippen LogP contribution in [0.4, 0.5) is 8.78 Å². The Hall–Kier alpha value is -1.40. The zero-order chi connectivity index (χ0) is 15.2. The summed E-state index contributed by atoms with van der Waals surface area (Å²) >= 11 is 0. The van der Waals surface area contributed by atoms with E-state index in [0.717, 1.165) is 24.8 Å². The molecule has 2 rings (SSSR count). The number of ether oxygens (including phenoxy) is 1. The number of nitrogens with one attached hydrogen (secondary N) is 1. The van der Waals surface area contributed by atoms with E-state index in [4.69, 9.17) is 5.73 Å². The first kappa shape index (κ1) is 18.6. The van der Waals surface area contributed by atoms with E-state index in [2.05, 4.69) is 10.1 Å². The Labute approximate surface area is 134 Å². The maximum absolute atomic E-state index is 12.1. The number of alkyl halides is 2. The number of nitrogens with two attached hydrogens (primary N) is 1. The Kier molecular flexibility index (Phi) is 7.55. The van der Waals surface area contributed by atoms with Gasteiger partial charge < -0.3 is 15.8 Å². The molecule has 22 heavy (non-hydrogen) atoms. The van der Waals surface area contributed by atoms with Crippen molar-refractivity contribution >= 4 is 18.3 Å². The van der Waals surface area contributed by atoms with Crippen molar-refractivity contribution in [3.05, 3.63) is 29.8 Å². The van der Waals surface area contributed by atoms with E-state index < -0.39 is 6.61 Å². The van der Waals surface area contributed by atoms with Crippen molar-refractivity contribution in [3.63, 3.8) is 0 Å². The molecule has 2 atom stereocenters. The first-order chi connectivity index (χ1) is 10.0. The zero-order valence-corrected chi connectivity index (χ0v) is 13.0. The average molecular weight is 335 g/mol. The molecule has 124 valence electrons. The van der Waals surface area contributed by atoms with Crippen LogP contribution in [0.1, 0.15) is 31.2 Å². The van der Waals surface area contributed by atoms with Crippen molar-refractivity contribution in [2.45, 2.75) is 44.9 Å². The molecule has 0 spiro atoms. The fourth-order valence-corrected chi connectivity index (χ4v) is 2.63. The van der Waals surface area contributed by atoms with Crippen LogP contribution < -0.4 is 15.8 Å². The highest BCUT2D eigenvalue weighted by atomic mass is 35.5. The van der Waals surface area contributed by atoms with Crippen molar-refractivity contribution in [3.8, 4) is 5.75 Å². The molecule has 3 N–H and O–H groups in total. The van der Waals surface area contributed by atoms with Gasteiger partial charge in [0.25, 0.3) is 0 Å². The molecule has 0 radical (unpaired) electrons. The average Bonchev–Trinajstić information content (AvgIpc) is 2.44. The van der Waals surface area contributed by atoms with Crippen LogP contribution in [0.3, 0.4) is 0 Å². The highest BCUT2D eigenvalue weighted by molar-refractivity contribution is 5.85. The number of hydrogen-bond donors (Lipinski definition) is 2. The van der Waals surface area contributed by atoms with Crippen LogP contribution in [-0.2, 0) is 11.3 Å². The minimum absolute atomic E-state index is 0. The third kappa shape index (κ3) is 5.77. The lowest BCUT2D eigenvalue weighted by Crippen LogP contribution is -2.37. The maximum atomic E-state index is 12.1. The van der Waals surface area contributed by atoms with Crippen LogP contribution in [0.2, 0.25) is 0 Å². The Morgan fingerprint density at radius 3 is 2.86 bits per heavy atom. The summed E-state index contributed by atoms with van der Waals surface area (Å²) < 4.78 is 28.6. The van der Waals surface area contributed by atoms with Gasteiger partial charge in [0, 0.05) is 18.5 Å². The zero-order valence-electron chi connectivity index (χ0n) is 12.1. The standard InChI is InChI=1S/C15H20F2N2O2.ClH/c16-15(17)21-13-6-1-3-10(7-13)9-19-14(20)11-4-2-5-12(18)8-11;/h1,3,6-7,11-12,15H,2,4-5,8-9,18H2,(H,19,20);1H. The molecule has 1 aromatic rings. The van der Waals surface area contributed by atoms with E-state index in [0.29, 0.717) is 13.0 Å². The number of amides is 1. The lowest BCUT2D eigenvalue weighted by atomic mass is 9.85. The van der Waals surface area contributed by atoms with Gasteiger partial charge in [-0.1, -0.05) is 18.6 Å². The summed E-state index contributed by atoms with van der Waals surface area (Å²) in [5, 5.41) is 2.83. The van der Waals surface area contributed by atoms with Gasteiger partial charge in [0.05, 0.1) is 0 Å². The first-order valence-corrected chi connectivity index (χ1v) is 7.11. The van der Waals surface area contributed by atoms with Gasteiger partial charge in [-0.2, -0.15) is 8.78 Å². The summed E-state index contributed by atoms with van der Waals surface area (Å²) in [5.74, 6) is 0.0241. The first-order valence-electron chi connectivity index (χ1n) is 7.11. The maximum Gasteiger partial charge on any atom is 0.387 e. The third-order valence-electron chi connectivity index (χ3n) is 3.68. The molecule has 1 saturated carbocycles. The molecule has 1 aliphatic carbocycles. The predicted molar refractivity (Wildman–Crippen MR) is 82.1 cm³/mol. The molecule has 0 saturated heterocycles. The molecular formula is C15H21ClF2N2O2. The number of carbonyl (C=O) groups is 1. The quantitative estimate of drug-likeness (QED) is 0.870. The molecule has 2 unspecified atom stereocenters. The predicted octanol–water partition coefficient (Wildman–Crippen LogP) is 2.84. The van der Waals surface area contributed by atoms with Crippen LogP contribution in [-0.4, -0.2) is 18.6 Å². The van der Waals surface area contributed by atoms with Crippen molar-refractivity contribution in [1.29, 1.82) is 0 Å². The largest absolute Gasteiger partial charge is 0.435 e. The van der Waals surface area contributed by atoms with Gasteiger partial charge >= 0.3 is 6.61 Å². The number of halogens is 3. The van der Waals surface area contributed by atoms with Gasteiger partial charge in [-0.15, -0.1) is 12.4 Å². The van der Waals surface area contributed by atoms with Crippen LogP contribution >= 0.6 is 12.4 Å². The third-order valence-corrected chi connectivity index (χ3v) is 3.68. The Balaban J connectivity index is 0.00000242. The van der Waals surface area contributed by atoms with Crippen LogP contribution in [0.15, 0.2) is 24.3 Å². The number of hydrogen-bond acceptors (Lipinski definition) is 3. The molecule has 7 heteroatoms. The molecule has 1 aromatic carbocycles. The lowest BCUT2D eigenvalue weighted by Gasteiger charge is -2.25. The summed E-state index contributed by atoms with van der Waals surface area (Å²) in [6.07, 6.45) is 3.50. The number of carbonyl (C=O) groups excluding carboxylic acids is 1. The second-order valence-corrected chi connectivity index (χ2v) is 5.37. The minimum atomic E-state index is -2.85. The molecule has 1 amide bonds. The van der Waals surface area contributed by atoms with Gasteiger partial charge in [0.2, 0.25) is 5.91 Å². The van der Waals surface area contributed by atoms with Gasteiger partial charge in [0.1, 0.15) is 5.75 Å². The molecule has 1 aliphatic rings. The van der Waals surface area contributed by atoms with Gasteiger partial charge in [-0.05, 0) is 37.0 Å². The molecule has 4 nitrogen and oxygen atoms in total. The SMILES string of the molecule is Cl.NC1CCCC(C(=O)NCc2cccc(OC(F)F)c2)C1. The highest BCUT2D eigenvalue weighted by Gasteiger charge is 2.24. The van der Waals surface area contributed by atoms with E-state index in [1.165, 1.54) is 12.1 Å². The molecule has 0 heterocycles. The summed E-state index contributed by atoms with van der Waals surface area (Å²) in [5.41, 5.74) is 6.59. The highest BCUT2D eigenvalue weighted by Crippen LogP contribution is 2.23. The summed E-state index contributed by atoms with van der Waals surface area (Å²) in [7, 11) is 0. The molecule has 0 aliphatic heterocycles. The molecule has 0 aromatic heterocycles. The smallest absolute Gasteiger partial charge is 0.387 e. The summed E-state index contributed by atoms with van der Waals surface area (Å²) in [6.45, 7) is -2.55. The topological polar surface area (TPSA) is 64.4 Å². The monoisotopic (exact) mass is 334 g/mol. The van der Waals surface area contributed by atoms with E-state index in [1.807, 2.05) is 0 Å². The Morgan fingerprint density at radius 1 is 1.41 bits per heavy atom. The second-order valence-electron chi connectivity index (χ2n) is 5.37. The summed E-state index contributed by atoms with van der Waals surface area (Å²) in [4.78, 5) is 12.1. The van der Waals surface area contributed by atoms with Crippen molar-refractivity contribution in [1.82, 2.24) is 5.32 Å². The fourth-order valence-electron chi connectivity index (χ4n) is 2.63. The van der Waals surface area contributed by atoms with Crippen LogP contribution in [0.25, 0.3) is 0 Å². The van der Waals surface area contributed by atoms with Crippen molar-refractivity contribution in [2.24, 2.45) is 11.7 Å². The van der Waals surface area contributed by atoms with Crippen LogP contribution in [0, 0.1) is 5.92 Å². The van der Waals surface area contributed by atoms with E-state index in [9.17, 15) is 13.6 Å². The number of benzene rings is 1. The second kappa shape index (κ2) is 8.90. The molecular weight excluding hydrogens is 314 g/mol. The van der Waals surface area contributed by atoms with Crippen molar-refractivity contribution < 1.29 is 18.3 Å². The normalized spacial score (nSPS) is 21.1. The fraction of sp³-hybridized carbons (Fsp3) is 0.533. The minimum Gasteiger partial charge on any atom is -0.435 e. The van der Waals surface area contributed by atoms with E-state index in [1.54, 1.807) is 12.1 Å². The number of rotatable bonds is 5. The molecule has 1 fully saturated rings. The van der Waals surface area contributed by atoms with Gasteiger partial charge in [0.15, 0.2) is 0 Å². The Morgan fingerprint density at radius 2 is 2.18 bits per heavy atom. The van der Waals surface area contributed by atoms with E-state index in [-0.39, 0.29) is 36.0 Å². The Bertz CT molecular complexity index is 488. The summed E-state index contributed by atoms with van der Waals surface area (Å²) in [6, 6.07) is 6.43. The van der Waals surface area contributed by atoms with Gasteiger partial charge in [-0.3, -0.25) is 4.79 Å². The van der Waals surface area contributed by atoms with Gasteiger partial charge in [-0.25, -0.2) is 0 Å².